The Kier molecular flexibility index (Phi) is 14.0. The second-order valence-corrected chi connectivity index (χ2v) is 10.1. The van der Waals surface area contributed by atoms with E-state index in [-0.39, 0.29) is 0 Å². The summed E-state index contributed by atoms with van der Waals surface area (Å²) in [6.07, 6.45) is 18.4. The van der Waals surface area contributed by atoms with Crippen molar-refractivity contribution in [1.82, 2.24) is 0 Å². The summed E-state index contributed by atoms with van der Waals surface area (Å²) >= 11 is 0. The summed E-state index contributed by atoms with van der Waals surface area (Å²) in [6.45, 7) is 5.09. The van der Waals surface area contributed by atoms with Crippen LogP contribution >= 0.6 is 0 Å². The average Bonchev–Trinajstić information content (AvgIpc) is 2.79. The fourth-order valence-electron chi connectivity index (χ4n) is 5.36. The van der Waals surface area contributed by atoms with E-state index in [9.17, 15) is 4.91 Å². The summed E-state index contributed by atoms with van der Waals surface area (Å²) in [5.41, 5.74) is 2.75. The van der Waals surface area contributed by atoms with E-state index in [1.807, 2.05) is 0 Å². The van der Waals surface area contributed by atoms with Gasteiger partial charge in [0.15, 0.2) is 0 Å². The molecule has 0 amide bonds. The Hall–Kier alpha value is -1.70. The fourth-order valence-corrected chi connectivity index (χ4v) is 5.36. The van der Waals surface area contributed by atoms with Gasteiger partial charge >= 0.3 is 0 Å². The van der Waals surface area contributed by atoms with Gasteiger partial charge in [0.05, 0.1) is 6.54 Å². The topological polar surface area (TPSA) is 29.4 Å². The number of aryl methyl sites for hydroxylation is 1. The lowest BCUT2D eigenvalue weighted by Crippen LogP contribution is -2.16. The highest BCUT2D eigenvalue weighted by Crippen LogP contribution is 2.35. The van der Waals surface area contributed by atoms with Crippen LogP contribution in [-0.2, 0) is 0 Å². The van der Waals surface area contributed by atoms with Crippen molar-refractivity contribution in [2.24, 2.45) is 17.0 Å². The predicted octanol–water partition coefficient (Wildman–Crippen LogP) is 9.70. The van der Waals surface area contributed by atoms with Crippen LogP contribution in [0.2, 0.25) is 0 Å². The molecule has 2 nitrogen and oxygen atoms in total. The van der Waals surface area contributed by atoms with E-state index in [1.165, 1.54) is 88.2 Å². The third-order valence-corrected chi connectivity index (χ3v) is 7.40. The van der Waals surface area contributed by atoms with Gasteiger partial charge in [-0.25, -0.2) is 0 Å². The van der Waals surface area contributed by atoms with E-state index in [2.05, 4.69) is 67.6 Å². The molecule has 0 spiro atoms. The minimum atomic E-state index is 0.477. The number of hydrogen-bond acceptors (Lipinski definition) is 2. The van der Waals surface area contributed by atoms with Crippen molar-refractivity contribution >= 4 is 0 Å². The van der Waals surface area contributed by atoms with Crippen molar-refractivity contribution in [2.75, 3.05) is 6.54 Å². The molecule has 1 fully saturated rings. The molecule has 0 N–H and O–H groups in total. The number of nitrogens with zero attached hydrogens (tertiary/aromatic N) is 1. The zero-order chi connectivity index (χ0) is 22.9. The Balaban J connectivity index is 2.21. The minimum Gasteiger partial charge on any atom is -0.151 e. The van der Waals surface area contributed by atoms with Gasteiger partial charge in [0.25, 0.3) is 0 Å². The molecule has 2 heteroatoms. The summed E-state index contributed by atoms with van der Waals surface area (Å²) in [5, 5.41) is 3.12. The highest BCUT2D eigenvalue weighted by atomic mass is 16.3. The molecule has 3 atom stereocenters. The lowest BCUT2D eigenvalue weighted by atomic mass is 9.77. The Morgan fingerprint density at radius 3 is 1.91 bits per heavy atom. The van der Waals surface area contributed by atoms with Gasteiger partial charge in [-0.2, -0.15) is 4.91 Å². The maximum atomic E-state index is 10.6. The van der Waals surface area contributed by atoms with Crippen molar-refractivity contribution in [3.63, 3.8) is 0 Å². The monoisotopic (exact) mass is 437 g/mol. The molecule has 0 saturated heterocycles. The maximum absolute atomic E-state index is 10.6. The molecular weight excluding hydrogens is 390 g/mol. The van der Waals surface area contributed by atoms with Crippen LogP contribution in [0.3, 0.4) is 0 Å². The molecule has 32 heavy (non-hydrogen) atoms. The normalized spacial score (nSPS) is 23.9. The lowest BCUT2D eigenvalue weighted by Gasteiger charge is -2.28. The predicted molar refractivity (Wildman–Crippen MR) is 140 cm³/mol. The van der Waals surface area contributed by atoms with E-state index in [4.69, 9.17) is 0 Å². The van der Waals surface area contributed by atoms with Crippen molar-refractivity contribution in [1.29, 1.82) is 0 Å². The van der Waals surface area contributed by atoms with Crippen LogP contribution in [0.25, 0.3) is 0 Å². The largest absolute Gasteiger partial charge is 0.151 e. The quantitative estimate of drug-likeness (QED) is 0.333. The number of rotatable bonds is 5. The highest BCUT2D eigenvalue weighted by Gasteiger charge is 2.22. The molecule has 1 aliphatic carbocycles. The molecule has 0 bridgehead atoms. The molecule has 178 valence electrons. The van der Waals surface area contributed by atoms with Crippen LogP contribution in [-0.4, -0.2) is 6.54 Å². The van der Waals surface area contributed by atoms with Crippen LogP contribution in [0.4, 0.5) is 0 Å². The summed E-state index contributed by atoms with van der Waals surface area (Å²) < 4.78 is 0. The SMILES string of the molecule is Cc1ccccc(C2CCCCCCCCCCCC(CCCN=O)C(C)C2)cccc1. The smallest absolute Gasteiger partial charge is 0.0811 e. The van der Waals surface area contributed by atoms with Gasteiger partial charge in [-0.15, -0.1) is 0 Å². The first-order valence-corrected chi connectivity index (χ1v) is 13.4. The molecule has 3 unspecified atom stereocenters. The zero-order valence-corrected chi connectivity index (χ0v) is 20.8. The second-order valence-electron chi connectivity index (χ2n) is 10.1. The average molecular weight is 438 g/mol. The first kappa shape index (κ1) is 26.6. The van der Waals surface area contributed by atoms with Crippen LogP contribution in [0.1, 0.15) is 114 Å². The Labute approximate surface area is 197 Å². The molecule has 1 saturated carbocycles. The molecule has 1 aromatic rings. The van der Waals surface area contributed by atoms with E-state index in [1.54, 1.807) is 0 Å². The summed E-state index contributed by atoms with van der Waals surface area (Å²) in [6, 6.07) is 17.8. The van der Waals surface area contributed by atoms with Gasteiger partial charge in [0, 0.05) is 0 Å². The third kappa shape index (κ3) is 11.2. The van der Waals surface area contributed by atoms with Gasteiger partial charge in [-0.3, -0.25) is 0 Å². The molecule has 1 aromatic carbocycles. The summed E-state index contributed by atoms with van der Waals surface area (Å²) in [5.74, 6) is 2.01. The van der Waals surface area contributed by atoms with Crippen molar-refractivity contribution in [2.45, 2.75) is 110 Å². The van der Waals surface area contributed by atoms with Crippen LogP contribution in [0.5, 0.6) is 0 Å². The molecule has 0 aromatic heterocycles. The Bertz CT molecular complexity index is 656. The minimum absolute atomic E-state index is 0.477. The molecule has 2 rings (SSSR count). The first-order chi connectivity index (χ1) is 15.7. The van der Waals surface area contributed by atoms with Gasteiger partial charge < -0.3 is 0 Å². The van der Waals surface area contributed by atoms with Crippen molar-refractivity contribution < 1.29 is 0 Å². The summed E-state index contributed by atoms with van der Waals surface area (Å²) in [7, 11) is 0. The van der Waals surface area contributed by atoms with Crippen molar-refractivity contribution in [3.05, 3.63) is 64.6 Å². The maximum Gasteiger partial charge on any atom is 0.0811 e. The Morgan fingerprint density at radius 2 is 1.31 bits per heavy atom. The van der Waals surface area contributed by atoms with Crippen LogP contribution in [0, 0.1) is 23.7 Å². The van der Waals surface area contributed by atoms with E-state index >= 15 is 0 Å². The fraction of sp³-hybridized carbons (Fsp3) is 0.667. The van der Waals surface area contributed by atoms with Crippen LogP contribution < -0.4 is 0 Å². The van der Waals surface area contributed by atoms with E-state index < -0.39 is 0 Å². The molecule has 1 aliphatic rings. The van der Waals surface area contributed by atoms with Gasteiger partial charge in [0.2, 0.25) is 0 Å². The molecule has 0 radical (unpaired) electrons. The van der Waals surface area contributed by atoms with Gasteiger partial charge in [-0.1, -0.05) is 130 Å². The second kappa shape index (κ2) is 16.9. The molecule has 0 heterocycles. The van der Waals surface area contributed by atoms with Gasteiger partial charge in [0.1, 0.15) is 0 Å². The molecular formula is C30H47NO. The molecule has 0 aliphatic heterocycles. The van der Waals surface area contributed by atoms with E-state index in [0.717, 1.165) is 18.8 Å². The first-order valence-electron chi connectivity index (χ1n) is 13.4. The number of hydrogen-bond donors (Lipinski definition) is 0. The standard InChI is InChI=1S/C30H47NO/c1-26-17-12-14-20-29(21-15-13-18-26)30-22-11-9-7-5-3-4-6-8-10-19-28(27(2)25-30)23-16-24-31-32/h12-15,17-18,20-21,27-28,30H,3-11,16,19,22-25H2,1-2H3. The van der Waals surface area contributed by atoms with Gasteiger partial charge in [-0.05, 0) is 55.9 Å². The zero-order valence-electron chi connectivity index (χ0n) is 20.8. The lowest BCUT2D eigenvalue weighted by molar-refractivity contribution is 0.266. The van der Waals surface area contributed by atoms with Crippen molar-refractivity contribution in [3.8, 4) is 0 Å². The van der Waals surface area contributed by atoms with E-state index in [0.29, 0.717) is 18.4 Å². The van der Waals surface area contributed by atoms with Crippen LogP contribution in [0.15, 0.2) is 53.7 Å². The Morgan fingerprint density at radius 1 is 0.781 bits per heavy atom. The third-order valence-electron chi connectivity index (χ3n) is 7.40. The summed E-state index contributed by atoms with van der Waals surface area (Å²) in [4.78, 5) is 10.6. The number of nitroso groups, excluding NO2 is 1. The highest BCUT2D eigenvalue weighted by molar-refractivity contribution is 5.19.